The highest BCUT2D eigenvalue weighted by molar-refractivity contribution is 5.90. The van der Waals surface area contributed by atoms with Crippen LogP contribution in [0.2, 0.25) is 0 Å². The summed E-state index contributed by atoms with van der Waals surface area (Å²) in [6.07, 6.45) is 0.567. The lowest BCUT2D eigenvalue weighted by Gasteiger charge is -2.08. The number of nitrogens with zero attached hydrogens (tertiary/aromatic N) is 1. The van der Waals surface area contributed by atoms with Gasteiger partial charge in [0.25, 0.3) is 0 Å². The van der Waals surface area contributed by atoms with E-state index in [1.165, 1.54) is 0 Å². The largest absolute Gasteiger partial charge is 0.508 e. The standard InChI is InChI=1S/C11H11N3O2.C2H6/c1-12-10-4-7-2-3-8(16)5-9(7)14-11(10)13-6-15;1-2/h2-6,12,16H,1H3,(H,13,14,15);1-2H3. The van der Waals surface area contributed by atoms with Gasteiger partial charge in [0.15, 0.2) is 5.82 Å². The first-order valence-electron chi connectivity index (χ1n) is 5.76. The van der Waals surface area contributed by atoms with Crippen LogP contribution < -0.4 is 10.6 Å². The fraction of sp³-hybridized carbons (Fsp3) is 0.231. The minimum Gasteiger partial charge on any atom is -0.508 e. The molecule has 0 saturated carbocycles. The quantitative estimate of drug-likeness (QED) is 0.729. The van der Waals surface area contributed by atoms with Crippen molar-refractivity contribution in [3.8, 4) is 5.75 Å². The van der Waals surface area contributed by atoms with Gasteiger partial charge in [-0.25, -0.2) is 4.98 Å². The number of phenols is 1. The Morgan fingerprint density at radius 1 is 1.28 bits per heavy atom. The summed E-state index contributed by atoms with van der Waals surface area (Å²) in [5.41, 5.74) is 1.36. The van der Waals surface area contributed by atoms with Crippen LogP contribution in [0, 0.1) is 0 Å². The average Bonchev–Trinajstić information content (AvgIpc) is 2.40. The van der Waals surface area contributed by atoms with Gasteiger partial charge < -0.3 is 15.7 Å². The van der Waals surface area contributed by atoms with Crippen LogP contribution in [0.4, 0.5) is 11.5 Å². The summed E-state index contributed by atoms with van der Waals surface area (Å²) in [7, 11) is 1.75. The normalized spacial score (nSPS) is 9.28. The predicted molar refractivity (Wildman–Crippen MR) is 74.0 cm³/mol. The van der Waals surface area contributed by atoms with E-state index < -0.39 is 0 Å². The van der Waals surface area contributed by atoms with E-state index in [0.717, 1.165) is 11.1 Å². The van der Waals surface area contributed by atoms with Crippen LogP contribution >= 0.6 is 0 Å². The van der Waals surface area contributed by atoms with E-state index in [-0.39, 0.29) is 5.75 Å². The minimum absolute atomic E-state index is 0.147. The zero-order valence-electron chi connectivity index (χ0n) is 10.7. The molecule has 0 unspecified atom stereocenters. The fourth-order valence-electron chi connectivity index (χ4n) is 1.51. The summed E-state index contributed by atoms with van der Waals surface area (Å²) in [5, 5.41) is 15.7. The van der Waals surface area contributed by atoms with Crippen molar-refractivity contribution in [2.75, 3.05) is 17.7 Å². The van der Waals surface area contributed by atoms with Crippen molar-refractivity contribution in [2.24, 2.45) is 0 Å². The van der Waals surface area contributed by atoms with Gasteiger partial charge in [0, 0.05) is 18.5 Å². The molecule has 0 bridgehead atoms. The molecule has 3 N–H and O–H groups in total. The zero-order chi connectivity index (χ0) is 13.5. The highest BCUT2D eigenvalue weighted by atomic mass is 16.3. The molecule has 1 aromatic heterocycles. The molecule has 5 heteroatoms. The highest BCUT2D eigenvalue weighted by Gasteiger charge is 2.05. The second-order valence-corrected chi connectivity index (χ2v) is 3.27. The van der Waals surface area contributed by atoms with E-state index in [2.05, 4.69) is 15.6 Å². The molecule has 0 atom stereocenters. The third kappa shape index (κ3) is 2.88. The molecular weight excluding hydrogens is 230 g/mol. The summed E-state index contributed by atoms with van der Waals surface area (Å²) < 4.78 is 0. The summed E-state index contributed by atoms with van der Waals surface area (Å²) in [6, 6.07) is 6.76. The summed E-state index contributed by atoms with van der Waals surface area (Å²) in [6.45, 7) is 4.00. The van der Waals surface area contributed by atoms with Crippen LogP contribution in [0.5, 0.6) is 5.75 Å². The number of amides is 1. The molecule has 2 rings (SSSR count). The van der Waals surface area contributed by atoms with Crippen molar-refractivity contribution in [2.45, 2.75) is 13.8 Å². The van der Waals surface area contributed by atoms with Crippen LogP contribution in [0.3, 0.4) is 0 Å². The molecule has 0 saturated heterocycles. The Bertz CT molecular complexity index is 541. The fourth-order valence-corrected chi connectivity index (χ4v) is 1.51. The Hall–Kier alpha value is -2.30. The lowest BCUT2D eigenvalue weighted by Crippen LogP contribution is -2.02. The highest BCUT2D eigenvalue weighted by Crippen LogP contribution is 2.26. The number of pyridine rings is 1. The van der Waals surface area contributed by atoms with Crippen LogP contribution in [-0.2, 0) is 4.79 Å². The average molecular weight is 247 g/mol. The van der Waals surface area contributed by atoms with E-state index in [1.807, 2.05) is 19.9 Å². The summed E-state index contributed by atoms with van der Waals surface area (Å²) >= 11 is 0. The van der Waals surface area contributed by atoms with E-state index in [9.17, 15) is 9.90 Å². The van der Waals surface area contributed by atoms with Gasteiger partial charge in [-0.3, -0.25) is 4.79 Å². The zero-order valence-corrected chi connectivity index (χ0v) is 10.7. The van der Waals surface area contributed by atoms with Gasteiger partial charge in [-0.15, -0.1) is 0 Å². The number of aromatic nitrogens is 1. The molecule has 0 radical (unpaired) electrons. The molecule has 96 valence electrons. The van der Waals surface area contributed by atoms with Gasteiger partial charge >= 0.3 is 0 Å². The third-order valence-corrected chi connectivity index (χ3v) is 2.27. The van der Waals surface area contributed by atoms with Gasteiger partial charge in [-0.1, -0.05) is 13.8 Å². The van der Waals surface area contributed by atoms with Gasteiger partial charge in [0.05, 0.1) is 11.2 Å². The maximum atomic E-state index is 10.4. The lowest BCUT2D eigenvalue weighted by molar-refractivity contribution is -0.105. The Balaban J connectivity index is 0.000000771. The number of fused-ring (bicyclic) bond motifs is 1. The molecule has 0 aliphatic heterocycles. The monoisotopic (exact) mass is 247 g/mol. The van der Waals surface area contributed by atoms with Crippen molar-refractivity contribution in [3.63, 3.8) is 0 Å². The molecule has 1 amide bonds. The second kappa shape index (κ2) is 6.44. The molecular formula is C13H17N3O2. The first-order chi connectivity index (χ1) is 8.74. The second-order valence-electron chi connectivity index (χ2n) is 3.27. The smallest absolute Gasteiger partial charge is 0.212 e. The summed E-state index contributed by atoms with van der Waals surface area (Å²) in [5.74, 6) is 0.588. The van der Waals surface area contributed by atoms with Crippen LogP contribution in [0.25, 0.3) is 10.9 Å². The SMILES string of the molecule is CC.CNc1cc2ccc(O)cc2nc1NC=O. The van der Waals surface area contributed by atoms with Gasteiger partial charge in [0.2, 0.25) is 6.41 Å². The number of anilines is 2. The lowest BCUT2D eigenvalue weighted by atomic mass is 10.2. The number of nitrogens with one attached hydrogen (secondary N) is 2. The van der Waals surface area contributed by atoms with Gasteiger partial charge in [-0.05, 0) is 18.2 Å². The molecule has 0 spiro atoms. The third-order valence-electron chi connectivity index (χ3n) is 2.27. The van der Waals surface area contributed by atoms with Crippen LogP contribution in [0.1, 0.15) is 13.8 Å². The Kier molecular flexibility index (Phi) is 4.92. The number of carbonyl (C=O) groups excluding carboxylic acids is 1. The molecule has 1 heterocycles. The molecule has 0 aliphatic carbocycles. The minimum atomic E-state index is 0.147. The van der Waals surface area contributed by atoms with Crippen molar-refractivity contribution >= 4 is 28.8 Å². The van der Waals surface area contributed by atoms with E-state index in [0.29, 0.717) is 17.7 Å². The first kappa shape index (κ1) is 13.8. The number of hydrogen-bond acceptors (Lipinski definition) is 4. The molecule has 18 heavy (non-hydrogen) atoms. The number of benzene rings is 1. The maximum absolute atomic E-state index is 10.4. The Labute approximate surface area is 106 Å². The molecule has 1 aromatic carbocycles. The van der Waals surface area contributed by atoms with Crippen molar-refractivity contribution in [3.05, 3.63) is 24.3 Å². The Morgan fingerprint density at radius 2 is 2.00 bits per heavy atom. The number of aromatic hydroxyl groups is 1. The first-order valence-corrected chi connectivity index (χ1v) is 5.76. The predicted octanol–water partition coefficient (Wildman–Crippen LogP) is 2.58. The van der Waals surface area contributed by atoms with Crippen LogP contribution in [0.15, 0.2) is 24.3 Å². The Morgan fingerprint density at radius 3 is 2.61 bits per heavy atom. The number of rotatable bonds is 3. The molecule has 2 aromatic rings. The summed E-state index contributed by atoms with van der Waals surface area (Å²) in [4.78, 5) is 14.6. The topological polar surface area (TPSA) is 74.2 Å². The van der Waals surface area contributed by atoms with E-state index in [1.54, 1.807) is 25.2 Å². The maximum Gasteiger partial charge on any atom is 0.212 e. The van der Waals surface area contributed by atoms with E-state index in [4.69, 9.17) is 0 Å². The number of hydrogen-bond donors (Lipinski definition) is 3. The molecule has 5 nitrogen and oxygen atoms in total. The molecule has 0 aliphatic rings. The number of phenolic OH excluding ortho intramolecular Hbond substituents is 1. The number of carbonyl (C=O) groups is 1. The van der Waals surface area contributed by atoms with Gasteiger partial charge in [0.1, 0.15) is 5.75 Å². The van der Waals surface area contributed by atoms with Crippen LogP contribution in [-0.4, -0.2) is 23.5 Å². The molecule has 0 fully saturated rings. The van der Waals surface area contributed by atoms with E-state index >= 15 is 0 Å². The van der Waals surface area contributed by atoms with Crippen molar-refractivity contribution < 1.29 is 9.90 Å². The van der Waals surface area contributed by atoms with Crippen molar-refractivity contribution in [1.29, 1.82) is 0 Å². The van der Waals surface area contributed by atoms with Crippen molar-refractivity contribution in [1.82, 2.24) is 4.98 Å². The van der Waals surface area contributed by atoms with Gasteiger partial charge in [-0.2, -0.15) is 0 Å².